The summed E-state index contributed by atoms with van der Waals surface area (Å²) in [7, 11) is -2.78. The van der Waals surface area contributed by atoms with Gasteiger partial charge in [0, 0.05) is 18.3 Å². The second-order valence-corrected chi connectivity index (χ2v) is 7.32. The third-order valence-electron chi connectivity index (χ3n) is 2.95. The van der Waals surface area contributed by atoms with Crippen LogP contribution in [0.4, 0.5) is 0 Å². The molecule has 0 heterocycles. The molecule has 0 atom stereocenters. The van der Waals surface area contributed by atoms with Gasteiger partial charge in [-0.15, -0.1) is 0 Å². The quantitative estimate of drug-likeness (QED) is 0.802. The van der Waals surface area contributed by atoms with E-state index in [2.05, 4.69) is 19.2 Å². The lowest BCUT2D eigenvalue weighted by Gasteiger charge is -2.30. The van der Waals surface area contributed by atoms with Crippen LogP contribution in [0.3, 0.4) is 0 Å². The normalized spacial score (nSPS) is 28.3. The third kappa shape index (κ3) is 5.52. The van der Waals surface area contributed by atoms with Crippen LogP contribution < -0.4 is 5.32 Å². The van der Waals surface area contributed by atoms with Crippen LogP contribution in [0.25, 0.3) is 0 Å². The van der Waals surface area contributed by atoms with E-state index in [0.717, 1.165) is 25.7 Å². The zero-order chi connectivity index (χ0) is 11.5. The van der Waals surface area contributed by atoms with Gasteiger partial charge < -0.3 is 5.32 Å². The van der Waals surface area contributed by atoms with E-state index in [0.29, 0.717) is 23.8 Å². The minimum Gasteiger partial charge on any atom is -0.312 e. The Morgan fingerprint density at radius 2 is 1.73 bits per heavy atom. The van der Waals surface area contributed by atoms with E-state index in [1.165, 1.54) is 6.26 Å². The maximum absolute atomic E-state index is 11.1. The van der Waals surface area contributed by atoms with E-state index >= 15 is 0 Å². The average Bonchev–Trinajstić information content (AvgIpc) is 2.05. The minimum absolute atomic E-state index is 0.376. The molecule has 3 nitrogen and oxygen atoms in total. The number of nitrogens with one attached hydrogen (secondary N) is 1. The van der Waals surface area contributed by atoms with Gasteiger partial charge in [-0.3, -0.25) is 0 Å². The van der Waals surface area contributed by atoms with Crippen molar-refractivity contribution in [3.05, 3.63) is 0 Å². The van der Waals surface area contributed by atoms with E-state index < -0.39 is 9.84 Å². The second-order valence-electron chi connectivity index (χ2n) is 5.13. The second kappa shape index (κ2) is 5.30. The van der Waals surface area contributed by atoms with Crippen molar-refractivity contribution in [3.8, 4) is 0 Å². The lowest BCUT2D eigenvalue weighted by molar-refractivity contribution is 0.296. The van der Waals surface area contributed by atoms with Crippen molar-refractivity contribution < 1.29 is 8.42 Å². The largest absolute Gasteiger partial charge is 0.312 e. The Kier molecular flexibility index (Phi) is 4.59. The van der Waals surface area contributed by atoms with E-state index in [1.54, 1.807) is 0 Å². The molecule has 15 heavy (non-hydrogen) atoms. The third-order valence-corrected chi connectivity index (χ3v) is 4.03. The van der Waals surface area contributed by atoms with Crippen LogP contribution in [0.2, 0.25) is 0 Å². The van der Waals surface area contributed by atoms with E-state index in [9.17, 15) is 8.42 Å². The zero-order valence-electron chi connectivity index (χ0n) is 9.99. The van der Waals surface area contributed by atoms with Crippen molar-refractivity contribution in [2.24, 2.45) is 5.92 Å². The molecule has 1 saturated carbocycles. The first-order valence-corrected chi connectivity index (χ1v) is 7.86. The molecule has 0 aromatic carbocycles. The van der Waals surface area contributed by atoms with Crippen molar-refractivity contribution in [2.45, 2.75) is 51.6 Å². The van der Waals surface area contributed by atoms with Crippen molar-refractivity contribution in [2.75, 3.05) is 12.0 Å². The van der Waals surface area contributed by atoms with Gasteiger partial charge in [-0.2, -0.15) is 0 Å². The summed E-state index contributed by atoms with van der Waals surface area (Å²) in [4.78, 5) is 0. The van der Waals surface area contributed by atoms with Gasteiger partial charge >= 0.3 is 0 Å². The molecule has 0 radical (unpaired) electrons. The molecule has 1 fully saturated rings. The van der Waals surface area contributed by atoms with Gasteiger partial charge in [-0.1, -0.05) is 13.8 Å². The topological polar surface area (TPSA) is 46.2 Å². The lowest BCUT2D eigenvalue weighted by atomic mass is 9.87. The number of hydrogen-bond acceptors (Lipinski definition) is 3. The fraction of sp³-hybridized carbons (Fsp3) is 1.00. The molecule has 0 spiro atoms. The summed E-state index contributed by atoms with van der Waals surface area (Å²) < 4.78 is 22.3. The highest BCUT2D eigenvalue weighted by molar-refractivity contribution is 7.90. The maximum atomic E-state index is 11.1. The van der Waals surface area contributed by atoms with Gasteiger partial charge in [0.05, 0.1) is 5.75 Å². The van der Waals surface area contributed by atoms with Crippen molar-refractivity contribution >= 4 is 9.84 Å². The monoisotopic (exact) mass is 233 g/mol. The van der Waals surface area contributed by atoms with Gasteiger partial charge in [0.2, 0.25) is 0 Å². The highest BCUT2D eigenvalue weighted by Crippen LogP contribution is 2.25. The van der Waals surface area contributed by atoms with Gasteiger partial charge in [0.15, 0.2) is 0 Å². The summed E-state index contributed by atoms with van der Waals surface area (Å²) in [5.74, 6) is 0.770. The smallest absolute Gasteiger partial charge is 0.147 e. The predicted molar refractivity (Wildman–Crippen MR) is 63.7 cm³/mol. The highest BCUT2D eigenvalue weighted by Gasteiger charge is 2.23. The Hall–Kier alpha value is -0.0900. The Balaban J connectivity index is 2.30. The summed E-state index contributed by atoms with van der Waals surface area (Å²) in [5.41, 5.74) is 0. The predicted octanol–water partition coefficient (Wildman–Crippen LogP) is 1.59. The maximum Gasteiger partial charge on any atom is 0.147 e. The molecule has 1 aliphatic rings. The van der Waals surface area contributed by atoms with E-state index in [1.807, 2.05) is 0 Å². The van der Waals surface area contributed by atoms with Crippen LogP contribution in [-0.4, -0.2) is 32.5 Å². The molecule has 90 valence electrons. The number of sulfone groups is 1. The lowest BCUT2D eigenvalue weighted by Crippen LogP contribution is -2.38. The molecule has 0 amide bonds. The zero-order valence-corrected chi connectivity index (χ0v) is 10.8. The van der Waals surface area contributed by atoms with Crippen LogP contribution >= 0.6 is 0 Å². The Bertz CT molecular complexity index is 277. The first-order valence-electron chi connectivity index (χ1n) is 5.80. The average molecular weight is 233 g/mol. The fourth-order valence-electron chi connectivity index (χ4n) is 2.40. The van der Waals surface area contributed by atoms with Crippen LogP contribution in [0.1, 0.15) is 39.5 Å². The van der Waals surface area contributed by atoms with Gasteiger partial charge in [0.1, 0.15) is 9.84 Å². The first kappa shape index (κ1) is 13.0. The summed E-state index contributed by atoms with van der Waals surface area (Å²) in [5, 5.41) is 3.52. The molecule has 1 aliphatic carbocycles. The van der Waals surface area contributed by atoms with Crippen LogP contribution in [0, 0.1) is 5.92 Å². The molecule has 4 heteroatoms. The number of hydrogen-bond donors (Lipinski definition) is 1. The highest BCUT2D eigenvalue weighted by atomic mass is 32.2. The molecule has 0 bridgehead atoms. The Morgan fingerprint density at radius 1 is 1.20 bits per heavy atom. The molecule has 0 aromatic rings. The van der Waals surface area contributed by atoms with Gasteiger partial charge in [-0.05, 0) is 31.6 Å². The van der Waals surface area contributed by atoms with Crippen LogP contribution in [0.15, 0.2) is 0 Å². The number of rotatable bonds is 4. The molecule has 0 aliphatic heterocycles. The molecule has 1 N–H and O–H groups in total. The van der Waals surface area contributed by atoms with Crippen molar-refractivity contribution in [3.63, 3.8) is 0 Å². The SMILES string of the molecule is CC(C)NC1CCC(CS(C)(=O)=O)CC1. The summed E-state index contributed by atoms with van der Waals surface area (Å²) >= 11 is 0. The molecule has 0 unspecified atom stereocenters. The van der Waals surface area contributed by atoms with Crippen molar-refractivity contribution in [1.82, 2.24) is 5.32 Å². The standard InChI is InChI=1S/C11H23NO2S/c1-9(2)12-11-6-4-10(5-7-11)8-15(3,13)14/h9-12H,4-8H2,1-3H3. The molecule has 0 aromatic heterocycles. The molecule has 0 saturated heterocycles. The van der Waals surface area contributed by atoms with Gasteiger partial charge in [-0.25, -0.2) is 8.42 Å². The summed E-state index contributed by atoms with van der Waals surface area (Å²) in [6.45, 7) is 4.31. The van der Waals surface area contributed by atoms with Crippen molar-refractivity contribution in [1.29, 1.82) is 0 Å². The van der Waals surface area contributed by atoms with Crippen LogP contribution in [-0.2, 0) is 9.84 Å². The van der Waals surface area contributed by atoms with E-state index in [4.69, 9.17) is 0 Å². The minimum atomic E-state index is -2.78. The Morgan fingerprint density at radius 3 is 2.13 bits per heavy atom. The Labute approximate surface area is 93.6 Å². The molecular formula is C11H23NO2S. The summed E-state index contributed by atoms with van der Waals surface area (Å²) in [6, 6.07) is 1.13. The van der Waals surface area contributed by atoms with E-state index in [-0.39, 0.29) is 0 Å². The molecular weight excluding hydrogens is 210 g/mol. The van der Waals surface area contributed by atoms with Crippen LogP contribution in [0.5, 0.6) is 0 Å². The first-order chi connectivity index (χ1) is 6.87. The fourth-order valence-corrected chi connectivity index (χ4v) is 3.58. The summed E-state index contributed by atoms with van der Waals surface area (Å²) in [6.07, 6.45) is 5.69. The molecule has 1 rings (SSSR count). The van der Waals surface area contributed by atoms with Gasteiger partial charge in [0.25, 0.3) is 0 Å².